The first-order valence-electron chi connectivity index (χ1n) is 5.57. The molecule has 0 fully saturated rings. The zero-order valence-electron chi connectivity index (χ0n) is 9.89. The van der Waals surface area contributed by atoms with E-state index in [2.05, 4.69) is 18.0 Å². The molecule has 0 aromatic carbocycles. The van der Waals surface area contributed by atoms with E-state index in [-0.39, 0.29) is 6.54 Å². The van der Waals surface area contributed by atoms with Gasteiger partial charge in [-0.05, 0) is 18.6 Å². The van der Waals surface area contributed by atoms with E-state index in [1.165, 1.54) is 0 Å². The van der Waals surface area contributed by atoms with Gasteiger partial charge in [0.15, 0.2) is 0 Å². The Kier molecular flexibility index (Phi) is 4.95. The topological polar surface area (TPSA) is 83.0 Å². The number of aromatic nitrogens is 1. The first kappa shape index (κ1) is 13.0. The summed E-state index contributed by atoms with van der Waals surface area (Å²) < 4.78 is 0. The van der Waals surface area contributed by atoms with E-state index in [4.69, 9.17) is 11.0 Å². The second-order valence-corrected chi connectivity index (χ2v) is 3.73. The van der Waals surface area contributed by atoms with Gasteiger partial charge in [-0.15, -0.1) is 0 Å². The predicted octanol–water partition coefficient (Wildman–Crippen LogP) is 1.05. The molecular weight excluding hydrogens is 216 g/mol. The molecule has 0 aliphatic carbocycles. The van der Waals surface area contributed by atoms with Gasteiger partial charge in [0.2, 0.25) is 5.91 Å². The van der Waals surface area contributed by atoms with Gasteiger partial charge in [0.1, 0.15) is 11.9 Å². The van der Waals surface area contributed by atoms with Crippen molar-refractivity contribution in [1.82, 2.24) is 4.98 Å². The molecule has 5 heteroatoms. The first-order valence-corrected chi connectivity index (χ1v) is 5.57. The van der Waals surface area contributed by atoms with Crippen LogP contribution < -0.4 is 10.6 Å². The van der Waals surface area contributed by atoms with Crippen molar-refractivity contribution < 1.29 is 4.79 Å². The lowest BCUT2D eigenvalue weighted by Gasteiger charge is -2.22. The second kappa shape index (κ2) is 6.48. The fourth-order valence-corrected chi connectivity index (χ4v) is 1.53. The van der Waals surface area contributed by atoms with Gasteiger partial charge in [-0.3, -0.25) is 4.79 Å². The quantitative estimate of drug-likeness (QED) is 0.794. The van der Waals surface area contributed by atoms with Crippen LogP contribution in [0.25, 0.3) is 0 Å². The number of carbonyl (C=O) groups is 1. The van der Waals surface area contributed by atoms with Crippen molar-refractivity contribution >= 4 is 11.7 Å². The van der Waals surface area contributed by atoms with Crippen molar-refractivity contribution in [2.75, 3.05) is 18.0 Å². The number of anilines is 1. The van der Waals surface area contributed by atoms with Crippen molar-refractivity contribution in [2.24, 2.45) is 5.73 Å². The van der Waals surface area contributed by atoms with Gasteiger partial charge in [0.05, 0.1) is 12.1 Å². The minimum absolute atomic E-state index is 0.0890. The van der Waals surface area contributed by atoms with Gasteiger partial charge < -0.3 is 10.6 Å². The molecule has 90 valence electrons. The Balaban J connectivity index is 2.95. The molecule has 0 aliphatic heterocycles. The maximum atomic E-state index is 11.0. The Morgan fingerprint density at radius 1 is 1.65 bits per heavy atom. The van der Waals surface area contributed by atoms with E-state index in [1.807, 2.05) is 0 Å². The van der Waals surface area contributed by atoms with Gasteiger partial charge >= 0.3 is 0 Å². The fourth-order valence-electron chi connectivity index (χ4n) is 1.53. The first-order chi connectivity index (χ1) is 8.19. The summed E-state index contributed by atoms with van der Waals surface area (Å²) >= 11 is 0. The van der Waals surface area contributed by atoms with Crippen LogP contribution in [0, 0.1) is 11.3 Å². The molecule has 0 bridgehead atoms. The number of rotatable bonds is 6. The maximum absolute atomic E-state index is 11.0. The molecular formula is C12H16N4O. The number of carbonyl (C=O) groups excluding carboxylic acids is 1. The normalized spacial score (nSPS) is 9.65. The lowest BCUT2D eigenvalue weighted by Crippen LogP contribution is -2.35. The zero-order chi connectivity index (χ0) is 12.7. The highest BCUT2D eigenvalue weighted by molar-refractivity contribution is 5.79. The molecule has 0 saturated heterocycles. The second-order valence-electron chi connectivity index (χ2n) is 3.73. The van der Waals surface area contributed by atoms with Gasteiger partial charge in [-0.2, -0.15) is 5.26 Å². The summed E-state index contributed by atoms with van der Waals surface area (Å²) in [6, 6.07) is 5.45. The summed E-state index contributed by atoms with van der Waals surface area (Å²) in [5.41, 5.74) is 5.67. The van der Waals surface area contributed by atoms with E-state index in [0.29, 0.717) is 17.9 Å². The van der Waals surface area contributed by atoms with Crippen molar-refractivity contribution in [3.8, 4) is 6.07 Å². The molecule has 5 nitrogen and oxygen atoms in total. The Bertz CT molecular complexity index is 425. The molecule has 17 heavy (non-hydrogen) atoms. The standard InChI is InChI=1S/C12H16N4O/c1-2-3-7-16(9-11(14)17)12-10(8-13)5-4-6-15-12/h4-6H,2-3,7,9H2,1H3,(H2,14,17). The van der Waals surface area contributed by atoms with Gasteiger partial charge in [0.25, 0.3) is 0 Å². The molecule has 0 saturated carbocycles. The number of nitriles is 1. The summed E-state index contributed by atoms with van der Waals surface area (Å²) in [4.78, 5) is 16.9. The average molecular weight is 232 g/mol. The van der Waals surface area contributed by atoms with Crippen molar-refractivity contribution in [3.63, 3.8) is 0 Å². The molecule has 1 amide bonds. The smallest absolute Gasteiger partial charge is 0.236 e. The van der Waals surface area contributed by atoms with Crippen molar-refractivity contribution in [3.05, 3.63) is 23.9 Å². The van der Waals surface area contributed by atoms with Crippen molar-refractivity contribution in [1.29, 1.82) is 5.26 Å². The molecule has 0 unspecified atom stereocenters. The monoisotopic (exact) mass is 232 g/mol. The van der Waals surface area contributed by atoms with Crippen LogP contribution in [0.3, 0.4) is 0 Å². The Labute approximate surface area is 101 Å². The Morgan fingerprint density at radius 3 is 3.00 bits per heavy atom. The van der Waals surface area contributed by atoms with Crippen LogP contribution in [-0.4, -0.2) is 24.0 Å². The molecule has 0 atom stereocenters. The Morgan fingerprint density at radius 2 is 2.41 bits per heavy atom. The highest BCUT2D eigenvalue weighted by atomic mass is 16.1. The molecule has 0 aliphatic rings. The molecule has 0 radical (unpaired) electrons. The number of nitrogens with zero attached hydrogens (tertiary/aromatic N) is 3. The van der Waals surface area contributed by atoms with E-state index in [9.17, 15) is 4.79 Å². The van der Waals surface area contributed by atoms with Crippen LogP contribution in [0.5, 0.6) is 0 Å². The number of nitrogens with two attached hydrogens (primary N) is 1. The van der Waals surface area contributed by atoms with Crippen LogP contribution in [0.2, 0.25) is 0 Å². The number of hydrogen-bond donors (Lipinski definition) is 1. The van der Waals surface area contributed by atoms with Crippen LogP contribution in [-0.2, 0) is 4.79 Å². The number of unbranched alkanes of at least 4 members (excludes halogenated alkanes) is 1. The third-order valence-electron chi connectivity index (χ3n) is 2.33. The lowest BCUT2D eigenvalue weighted by molar-refractivity contribution is -0.116. The van der Waals surface area contributed by atoms with Crippen LogP contribution in [0.15, 0.2) is 18.3 Å². The number of hydrogen-bond acceptors (Lipinski definition) is 4. The molecule has 1 rings (SSSR count). The van der Waals surface area contributed by atoms with Crippen LogP contribution in [0.4, 0.5) is 5.82 Å². The summed E-state index contributed by atoms with van der Waals surface area (Å²) in [6.07, 6.45) is 3.54. The molecule has 2 N–H and O–H groups in total. The Hall–Kier alpha value is -2.09. The number of primary amides is 1. The van der Waals surface area contributed by atoms with E-state index in [1.54, 1.807) is 23.2 Å². The zero-order valence-corrected chi connectivity index (χ0v) is 9.89. The van der Waals surface area contributed by atoms with Gasteiger partial charge in [-0.25, -0.2) is 4.98 Å². The highest BCUT2D eigenvalue weighted by Crippen LogP contribution is 2.16. The summed E-state index contributed by atoms with van der Waals surface area (Å²) in [7, 11) is 0. The number of amides is 1. The van der Waals surface area contributed by atoms with Crippen molar-refractivity contribution in [2.45, 2.75) is 19.8 Å². The van der Waals surface area contributed by atoms with Crippen LogP contribution in [0.1, 0.15) is 25.3 Å². The van der Waals surface area contributed by atoms with E-state index in [0.717, 1.165) is 12.8 Å². The van der Waals surface area contributed by atoms with Gasteiger partial charge in [-0.1, -0.05) is 13.3 Å². The third kappa shape index (κ3) is 3.76. The van der Waals surface area contributed by atoms with E-state index < -0.39 is 5.91 Å². The maximum Gasteiger partial charge on any atom is 0.236 e. The fraction of sp³-hybridized carbons (Fsp3) is 0.417. The predicted molar refractivity (Wildman–Crippen MR) is 65.3 cm³/mol. The molecule has 1 aromatic heterocycles. The minimum atomic E-state index is -0.421. The minimum Gasteiger partial charge on any atom is -0.368 e. The highest BCUT2D eigenvalue weighted by Gasteiger charge is 2.13. The number of pyridine rings is 1. The third-order valence-corrected chi connectivity index (χ3v) is 2.33. The SMILES string of the molecule is CCCCN(CC(N)=O)c1ncccc1C#N. The van der Waals surface area contributed by atoms with Gasteiger partial charge in [0, 0.05) is 12.7 Å². The summed E-state index contributed by atoms with van der Waals surface area (Å²) in [5, 5.41) is 8.99. The largest absolute Gasteiger partial charge is 0.368 e. The van der Waals surface area contributed by atoms with Crippen LogP contribution >= 0.6 is 0 Å². The van der Waals surface area contributed by atoms with E-state index >= 15 is 0 Å². The molecule has 1 aromatic rings. The summed E-state index contributed by atoms with van der Waals surface area (Å²) in [6.45, 7) is 2.82. The average Bonchev–Trinajstić information content (AvgIpc) is 2.34. The summed E-state index contributed by atoms with van der Waals surface area (Å²) in [5.74, 6) is 0.109. The lowest BCUT2D eigenvalue weighted by atomic mass is 10.2. The molecule has 1 heterocycles. The molecule has 0 spiro atoms.